The maximum atomic E-state index is 11.6. The van der Waals surface area contributed by atoms with Crippen molar-refractivity contribution in [1.29, 1.82) is 0 Å². The number of hydrogen-bond donors (Lipinski definition) is 2. The third-order valence-corrected chi connectivity index (χ3v) is 7.89. The standard InChI is InChI=1S/C15H25N3O3S/c1-16-14(17-10-4-8-22(19,20)9-10)18-12-11-3-7-21-13(11)15(12)5-2-6-15/h10-13H,2-9H2,1H3,(H2,16,17,18). The summed E-state index contributed by atoms with van der Waals surface area (Å²) in [6.45, 7) is 0.877. The number of hydrogen-bond acceptors (Lipinski definition) is 4. The molecule has 2 aliphatic heterocycles. The number of aliphatic imine (C=N–C) groups is 1. The Bertz CT molecular complexity index is 585. The molecule has 4 fully saturated rings. The number of fused-ring (bicyclic) bond motifs is 2. The lowest BCUT2D eigenvalue weighted by molar-refractivity contribution is -0.171. The highest BCUT2D eigenvalue weighted by Crippen LogP contribution is 2.62. The van der Waals surface area contributed by atoms with Gasteiger partial charge in [-0.05, 0) is 25.7 Å². The highest BCUT2D eigenvalue weighted by molar-refractivity contribution is 7.91. The predicted molar refractivity (Wildman–Crippen MR) is 84.6 cm³/mol. The summed E-state index contributed by atoms with van der Waals surface area (Å²) in [6, 6.07) is 0.419. The van der Waals surface area contributed by atoms with Gasteiger partial charge in [-0.1, -0.05) is 6.42 Å². The Hall–Kier alpha value is -0.820. The summed E-state index contributed by atoms with van der Waals surface area (Å²) < 4.78 is 29.1. The van der Waals surface area contributed by atoms with E-state index in [-0.39, 0.29) is 17.5 Å². The summed E-state index contributed by atoms with van der Waals surface area (Å²) in [5, 5.41) is 6.89. The lowest BCUT2D eigenvalue weighted by Gasteiger charge is -2.63. The summed E-state index contributed by atoms with van der Waals surface area (Å²) in [5.74, 6) is 1.85. The second-order valence-corrected chi connectivity index (χ2v) is 9.50. The SMILES string of the molecule is CN=C(NC1CCS(=O)(=O)C1)NC1C2CCOC2C12CCC2. The van der Waals surface area contributed by atoms with Gasteiger partial charge < -0.3 is 15.4 Å². The van der Waals surface area contributed by atoms with E-state index in [1.54, 1.807) is 7.05 Å². The number of ether oxygens (including phenoxy) is 1. The molecule has 0 aromatic heterocycles. The lowest BCUT2D eigenvalue weighted by atomic mass is 9.46. The molecule has 0 aromatic rings. The summed E-state index contributed by atoms with van der Waals surface area (Å²) >= 11 is 0. The Labute approximate surface area is 132 Å². The van der Waals surface area contributed by atoms with Gasteiger partial charge in [0.1, 0.15) is 0 Å². The third-order valence-electron chi connectivity index (χ3n) is 6.13. The van der Waals surface area contributed by atoms with Gasteiger partial charge in [0.05, 0.1) is 17.6 Å². The van der Waals surface area contributed by atoms with Gasteiger partial charge in [-0.3, -0.25) is 4.99 Å². The molecule has 4 atom stereocenters. The normalized spacial score (nSPS) is 41.6. The molecule has 2 heterocycles. The molecule has 7 heteroatoms. The fourth-order valence-corrected chi connectivity index (χ4v) is 6.55. The minimum Gasteiger partial charge on any atom is -0.377 e. The van der Waals surface area contributed by atoms with Crippen LogP contribution in [0.4, 0.5) is 0 Å². The van der Waals surface area contributed by atoms with Crippen LogP contribution in [0, 0.1) is 11.3 Å². The molecule has 124 valence electrons. The number of sulfone groups is 1. The van der Waals surface area contributed by atoms with Gasteiger partial charge in [0.2, 0.25) is 0 Å². The van der Waals surface area contributed by atoms with Gasteiger partial charge in [0, 0.05) is 37.1 Å². The fraction of sp³-hybridized carbons (Fsp3) is 0.933. The lowest BCUT2D eigenvalue weighted by Crippen LogP contribution is -2.72. The van der Waals surface area contributed by atoms with E-state index in [4.69, 9.17) is 4.74 Å². The van der Waals surface area contributed by atoms with Crippen LogP contribution in [0.5, 0.6) is 0 Å². The summed E-state index contributed by atoms with van der Waals surface area (Å²) in [7, 11) is -1.11. The van der Waals surface area contributed by atoms with Gasteiger partial charge in [-0.25, -0.2) is 8.42 Å². The quantitative estimate of drug-likeness (QED) is 0.563. The van der Waals surface area contributed by atoms with Crippen molar-refractivity contribution in [3.8, 4) is 0 Å². The van der Waals surface area contributed by atoms with Gasteiger partial charge in [0.15, 0.2) is 15.8 Å². The molecule has 2 N–H and O–H groups in total. The van der Waals surface area contributed by atoms with Crippen LogP contribution in [0.2, 0.25) is 0 Å². The van der Waals surface area contributed by atoms with Crippen LogP contribution < -0.4 is 10.6 Å². The molecule has 0 radical (unpaired) electrons. The van der Waals surface area contributed by atoms with E-state index >= 15 is 0 Å². The van der Waals surface area contributed by atoms with Crippen LogP contribution in [-0.2, 0) is 14.6 Å². The molecular formula is C15H25N3O3S. The first-order valence-electron chi connectivity index (χ1n) is 8.36. The minimum atomic E-state index is -2.87. The van der Waals surface area contributed by atoms with Crippen LogP contribution in [0.25, 0.3) is 0 Å². The molecule has 6 nitrogen and oxygen atoms in total. The molecule has 2 aliphatic carbocycles. The molecule has 4 aliphatic rings. The molecule has 0 bridgehead atoms. The fourth-order valence-electron chi connectivity index (χ4n) is 4.88. The van der Waals surface area contributed by atoms with Crippen LogP contribution in [-0.4, -0.2) is 57.7 Å². The van der Waals surface area contributed by atoms with Crippen molar-refractivity contribution < 1.29 is 13.2 Å². The molecular weight excluding hydrogens is 302 g/mol. The maximum absolute atomic E-state index is 11.6. The summed E-state index contributed by atoms with van der Waals surface area (Å²) in [4.78, 5) is 4.32. The molecule has 1 spiro atoms. The zero-order valence-electron chi connectivity index (χ0n) is 13.0. The van der Waals surface area contributed by atoms with Gasteiger partial charge in [0.25, 0.3) is 0 Å². The highest BCUT2D eigenvalue weighted by atomic mass is 32.2. The first kappa shape index (κ1) is 14.8. The second-order valence-electron chi connectivity index (χ2n) is 7.27. The van der Waals surface area contributed by atoms with Crippen molar-refractivity contribution in [1.82, 2.24) is 10.6 Å². The number of guanidine groups is 1. The topological polar surface area (TPSA) is 79.8 Å². The summed E-state index contributed by atoms with van der Waals surface area (Å²) in [6.07, 6.45) is 6.00. The number of rotatable bonds is 2. The van der Waals surface area contributed by atoms with E-state index in [9.17, 15) is 8.42 Å². The predicted octanol–water partition coefficient (Wildman–Crippen LogP) is 0.296. The third kappa shape index (κ3) is 2.16. The van der Waals surface area contributed by atoms with E-state index in [1.165, 1.54) is 19.3 Å². The van der Waals surface area contributed by atoms with E-state index < -0.39 is 9.84 Å². The molecule has 22 heavy (non-hydrogen) atoms. The highest BCUT2D eigenvalue weighted by Gasteiger charge is 2.66. The zero-order valence-corrected chi connectivity index (χ0v) is 13.9. The minimum absolute atomic E-state index is 0.00996. The maximum Gasteiger partial charge on any atom is 0.191 e. The van der Waals surface area contributed by atoms with Crippen molar-refractivity contribution in [2.75, 3.05) is 25.2 Å². The average molecular weight is 327 g/mol. The van der Waals surface area contributed by atoms with Crippen molar-refractivity contribution in [3.63, 3.8) is 0 Å². The average Bonchev–Trinajstić information content (AvgIpc) is 2.97. The van der Waals surface area contributed by atoms with Crippen LogP contribution in [0.3, 0.4) is 0 Å². The monoisotopic (exact) mass is 327 g/mol. The smallest absolute Gasteiger partial charge is 0.191 e. The van der Waals surface area contributed by atoms with E-state index in [0.717, 1.165) is 19.0 Å². The van der Waals surface area contributed by atoms with Crippen molar-refractivity contribution >= 4 is 15.8 Å². The Morgan fingerprint density at radius 1 is 1.27 bits per heavy atom. The van der Waals surface area contributed by atoms with Crippen LogP contribution in [0.1, 0.15) is 32.1 Å². The van der Waals surface area contributed by atoms with E-state index in [2.05, 4.69) is 15.6 Å². The van der Waals surface area contributed by atoms with E-state index in [1.807, 2.05) is 0 Å². The molecule has 2 saturated carbocycles. The van der Waals surface area contributed by atoms with Crippen molar-refractivity contribution in [3.05, 3.63) is 0 Å². The largest absolute Gasteiger partial charge is 0.377 e. The summed E-state index contributed by atoms with van der Waals surface area (Å²) in [5.41, 5.74) is 0.306. The molecule has 0 amide bonds. The Morgan fingerprint density at radius 2 is 2.09 bits per heavy atom. The number of nitrogens with one attached hydrogen (secondary N) is 2. The Kier molecular flexibility index (Phi) is 3.41. The second kappa shape index (κ2) is 5.09. The Morgan fingerprint density at radius 3 is 2.68 bits per heavy atom. The molecule has 4 unspecified atom stereocenters. The Balaban J connectivity index is 1.41. The molecule has 4 rings (SSSR count). The van der Waals surface area contributed by atoms with Crippen molar-refractivity contribution in [2.45, 2.75) is 50.3 Å². The zero-order chi connectivity index (χ0) is 15.4. The van der Waals surface area contributed by atoms with Crippen LogP contribution in [0.15, 0.2) is 4.99 Å². The molecule has 0 aromatic carbocycles. The van der Waals surface area contributed by atoms with E-state index in [0.29, 0.717) is 29.9 Å². The van der Waals surface area contributed by atoms with Gasteiger partial charge in [-0.15, -0.1) is 0 Å². The molecule has 2 saturated heterocycles. The van der Waals surface area contributed by atoms with Gasteiger partial charge in [-0.2, -0.15) is 0 Å². The van der Waals surface area contributed by atoms with Crippen molar-refractivity contribution in [2.24, 2.45) is 16.3 Å². The first-order chi connectivity index (χ1) is 10.5. The number of nitrogens with zero attached hydrogens (tertiary/aromatic N) is 1. The first-order valence-corrected chi connectivity index (χ1v) is 10.2. The van der Waals surface area contributed by atoms with Gasteiger partial charge >= 0.3 is 0 Å². The van der Waals surface area contributed by atoms with Crippen LogP contribution >= 0.6 is 0 Å².